The zero-order chi connectivity index (χ0) is 24.0. The van der Waals surface area contributed by atoms with Gasteiger partial charge in [0.2, 0.25) is 0 Å². The molecule has 0 spiro atoms. The van der Waals surface area contributed by atoms with Crippen LogP contribution < -0.4 is 0 Å². The number of fused-ring (bicyclic) bond motifs is 5. The highest BCUT2D eigenvalue weighted by atomic mass is 16.5. The summed E-state index contributed by atoms with van der Waals surface area (Å²) in [5.74, 6) is 1.63. The van der Waals surface area contributed by atoms with E-state index in [-0.39, 0.29) is 35.0 Å². The molecule has 182 valence electrons. The summed E-state index contributed by atoms with van der Waals surface area (Å²) in [6.07, 6.45) is 14.7. The second-order valence-corrected chi connectivity index (χ2v) is 11.5. The first kappa shape index (κ1) is 24.3. The molecule has 0 unspecified atom stereocenters. The van der Waals surface area contributed by atoms with Crippen LogP contribution in [-0.2, 0) is 19.1 Å². The fourth-order valence-electron chi connectivity index (χ4n) is 7.58. The number of carbonyl (C=O) groups excluding carboxylic acids is 2. The van der Waals surface area contributed by atoms with E-state index in [1.165, 1.54) is 12.0 Å². The lowest BCUT2D eigenvalue weighted by atomic mass is 9.48. The molecule has 0 bridgehead atoms. The highest BCUT2D eigenvalue weighted by Gasteiger charge is 2.59. The summed E-state index contributed by atoms with van der Waals surface area (Å²) >= 11 is 0. The van der Waals surface area contributed by atoms with Crippen LogP contribution in [0.3, 0.4) is 0 Å². The van der Waals surface area contributed by atoms with Crippen LogP contribution in [0.2, 0.25) is 0 Å². The number of ether oxygens (including phenoxy) is 2. The number of rotatable bonds is 4. The van der Waals surface area contributed by atoms with Crippen molar-refractivity contribution in [2.45, 2.75) is 105 Å². The van der Waals surface area contributed by atoms with E-state index in [9.17, 15) is 9.59 Å². The van der Waals surface area contributed by atoms with Gasteiger partial charge in [0.1, 0.15) is 12.2 Å². The summed E-state index contributed by atoms with van der Waals surface area (Å²) in [6.45, 7) is 12.3. The Labute approximate surface area is 199 Å². The largest absolute Gasteiger partial charge is 0.459 e. The minimum atomic E-state index is -0.173. The van der Waals surface area contributed by atoms with Crippen molar-refractivity contribution in [3.8, 4) is 0 Å². The molecule has 0 aromatic rings. The molecule has 3 saturated carbocycles. The van der Waals surface area contributed by atoms with Crippen molar-refractivity contribution in [1.29, 1.82) is 0 Å². The maximum absolute atomic E-state index is 12.5. The summed E-state index contributed by atoms with van der Waals surface area (Å²) < 4.78 is 11.9. The molecule has 4 nitrogen and oxygen atoms in total. The van der Waals surface area contributed by atoms with Crippen molar-refractivity contribution in [2.24, 2.45) is 28.6 Å². The van der Waals surface area contributed by atoms with Gasteiger partial charge in [0.15, 0.2) is 0 Å². The highest BCUT2D eigenvalue weighted by Crippen LogP contribution is 2.65. The average molecular weight is 455 g/mol. The molecule has 0 N–H and O–H groups in total. The van der Waals surface area contributed by atoms with Gasteiger partial charge in [0.25, 0.3) is 0 Å². The van der Waals surface area contributed by atoms with Crippen molar-refractivity contribution in [3.63, 3.8) is 0 Å². The van der Waals surface area contributed by atoms with E-state index in [1.54, 1.807) is 0 Å². The van der Waals surface area contributed by atoms with Crippen LogP contribution in [0.1, 0.15) is 92.9 Å². The Balaban J connectivity index is 1.49. The van der Waals surface area contributed by atoms with E-state index in [1.807, 2.05) is 39.8 Å². The van der Waals surface area contributed by atoms with Gasteiger partial charge >= 0.3 is 11.9 Å². The van der Waals surface area contributed by atoms with Gasteiger partial charge in [-0.2, -0.15) is 0 Å². The Kier molecular flexibility index (Phi) is 6.68. The van der Waals surface area contributed by atoms with Crippen molar-refractivity contribution in [3.05, 3.63) is 34.9 Å². The number of allylic oxidation sites excluding steroid dienone is 3. The molecule has 4 aliphatic rings. The molecular formula is C29H42O4. The molecule has 0 heterocycles. The minimum absolute atomic E-state index is 0.00210. The van der Waals surface area contributed by atoms with Crippen molar-refractivity contribution in [2.75, 3.05) is 0 Å². The summed E-state index contributed by atoms with van der Waals surface area (Å²) in [4.78, 5) is 24.8. The van der Waals surface area contributed by atoms with Crippen molar-refractivity contribution >= 4 is 11.9 Å². The van der Waals surface area contributed by atoms with Crippen LogP contribution in [0.4, 0.5) is 0 Å². The summed E-state index contributed by atoms with van der Waals surface area (Å²) in [5, 5.41) is 0. The summed E-state index contributed by atoms with van der Waals surface area (Å²) in [6, 6.07) is 0. The van der Waals surface area contributed by atoms with Crippen LogP contribution in [0.15, 0.2) is 34.9 Å². The predicted molar refractivity (Wildman–Crippen MR) is 130 cm³/mol. The molecule has 4 heteroatoms. The maximum Gasteiger partial charge on any atom is 0.333 e. The number of hydrogen-bond acceptors (Lipinski definition) is 4. The van der Waals surface area contributed by atoms with Crippen molar-refractivity contribution < 1.29 is 19.1 Å². The zero-order valence-electron chi connectivity index (χ0n) is 21.4. The lowest BCUT2D eigenvalue weighted by Gasteiger charge is -2.57. The molecule has 0 aliphatic heterocycles. The Bertz CT molecular complexity index is 895. The second kappa shape index (κ2) is 9.07. The third-order valence-corrected chi connectivity index (χ3v) is 10.0. The fourth-order valence-corrected chi connectivity index (χ4v) is 7.58. The Morgan fingerprint density at radius 3 is 2.24 bits per heavy atom. The van der Waals surface area contributed by atoms with E-state index in [0.29, 0.717) is 28.9 Å². The Hall–Kier alpha value is -1.84. The Morgan fingerprint density at radius 2 is 1.58 bits per heavy atom. The fraction of sp³-hybridized carbons (Fsp3) is 0.724. The van der Waals surface area contributed by atoms with Crippen LogP contribution in [0.25, 0.3) is 0 Å². The van der Waals surface area contributed by atoms with Crippen LogP contribution >= 0.6 is 0 Å². The van der Waals surface area contributed by atoms with Crippen molar-refractivity contribution in [1.82, 2.24) is 0 Å². The van der Waals surface area contributed by atoms with Gasteiger partial charge in [-0.15, -0.1) is 0 Å². The molecule has 3 fully saturated rings. The van der Waals surface area contributed by atoms with Crippen LogP contribution in [-0.4, -0.2) is 24.1 Å². The Morgan fingerprint density at radius 1 is 0.909 bits per heavy atom. The van der Waals surface area contributed by atoms with Gasteiger partial charge in [-0.25, -0.2) is 9.59 Å². The third-order valence-electron chi connectivity index (χ3n) is 10.0. The maximum atomic E-state index is 12.5. The van der Waals surface area contributed by atoms with E-state index in [4.69, 9.17) is 9.47 Å². The zero-order valence-corrected chi connectivity index (χ0v) is 21.4. The normalized spacial score (nSPS) is 40.8. The summed E-state index contributed by atoms with van der Waals surface area (Å²) in [7, 11) is 0. The monoisotopic (exact) mass is 454 g/mol. The van der Waals surface area contributed by atoms with E-state index in [0.717, 1.165) is 44.9 Å². The van der Waals surface area contributed by atoms with Gasteiger partial charge in [-0.3, -0.25) is 0 Å². The van der Waals surface area contributed by atoms with E-state index in [2.05, 4.69) is 19.9 Å². The molecule has 0 aromatic heterocycles. The van der Waals surface area contributed by atoms with Gasteiger partial charge in [0, 0.05) is 23.0 Å². The van der Waals surface area contributed by atoms with Gasteiger partial charge in [-0.1, -0.05) is 37.6 Å². The molecule has 33 heavy (non-hydrogen) atoms. The molecule has 4 aliphatic carbocycles. The lowest BCUT2D eigenvalue weighted by Crippen LogP contribution is -2.51. The topological polar surface area (TPSA) is 52.6 Å². The third kappa shape index (κ3) is 4.12. The van der Waals surface area contributed by atoms with Crippen LogP contribution in [0.5, 0.6) is 0 Å². The standard InChI is InChI=1S/C29H42O4/c1-7-18(3)26(30)32-21-13-15-28(5)20(17-21)9-10-22-23-11-12-25(33-27(31)19(4)8-2)29(23,6)16-14-24(22)28/h7-9,21-25H,10-17H2,1-6H3/b18-7+,19-8+/t21-,22-,23-,24-,25-,28-,29-/m0/s1. The summed E-state index contributed by atoms with van der Waals surface area (Å²) in [5.41, 5.74) is 3.20. The second-order valence-electron chi connectivity index (χ2n) is 11.5. The minimum Gasteiger partial charge on any atom is -0.459 e. The average Bonchev–Trinajstić information content (AvgIpc) is 3.14. The molecule has 0 saturated heterocycles. The molecule has 4 rings (SSSR count). The molecule has 0 radical (unpaired) electrons. The smallest absolute Gasteiger partial charge is 0.333 e. The van der Waals surface area contributed by atoms with E-state index >= 15 is 0 Å². The predicted octanol–water partition coefficient (Wildman–Crippen LogP) is 6.71. The SMILES string of the molecule is C/C=C(\C)C(=O)O[C@H]1CC[C@@]2(C)C(=CC[C@H]3[C@@H]4CC[C@H](OC(=O)/C(C)=C/C)[C@@]4(C)CC[C@@H]32)C1. The van der Waals surface area contributed by atoms with Gasteiger partial charge in [0.05, 0.1) is 0 Å². The molecule has 0 aromatic carbocycles. The van der Waals surface area contributed by atoms with E-state index < -0.39 is 0 Å². The van der Waals surface area contributed by atoms with Gasteiger partial charge < -0.3 is 9.47 Å². The number of carbonyl (C=O) groups is 2. The first-order valence-electron chi connectivity index (χ1n) is 13.0. The van der Waals surface area contributed by atoms with Crippen LogP contribution in [0, 0.1) is 28.6 Å². The first-order chi connectivity index (χ1) is 15.6. The molecule has 0 amide bonds. The first-order valence-corrected chi connectivity index (χ1v) is 13.0. The quantitative estimate of drug-likeness (QED) is 0.269. The molecular weight excluding hydrogens is 412 g/mol. The number of esters is 2. The molecule has 7 atom stereocenters. The highest BCUT2D eigenvalue weighted by molar-refractivity contribution is 5.88. The van der Waals surface area contributed by atoms with Gasteiger partial charge in [-0.05, 0) is 95.8 Å². The lowest BCUT2D eigenvalue weighted by molar-refractivity contribution is -0.155. The number of hydrogen-bond donors (Lipinski definition) is 0.